The van der Waals surface area contributed by atoms with Gasteiger partial charge in [0.15, 0.2) is 0 Å². The van der Waals surface area contributed by atoms with Gasteiger partial charge in [0, 0.05) is 30.4 Å². The lowest BCUT2D eigenvalue weighted by atomic mass is 9.98. The number of aryl methyl sites for hydroxylation is 1. The third-order valence-electron chi connectivity index (χ3n) is 5.88. The first kappa shape index (κ1) is 22.4. The Morgan fingerprint density at radius 1 is 1.06 bits per heavy atom. The molecular weight excluding hydrogens is 433 g/mol. The highest BCUT2D eigenvalue weighted by molar-refractivity contribution is 7.89. The predicted molar refractivity (Wildman–Crippen MR) is 118 cm³/mol. The standard InChI is InChI=1S/C23H26FN3O4S/c1-15-4-5-16(22(28)25-19-8-9-19)13-21(15)26-23(29)17-3-2-12-27(14-17)32(30,31)20-10-6-18(24)7-11-20/h4-7,10-11,13,17,19H,2-3,8-9,12,14H2,1H3,(H,25,28)(H,26,29). The average molecular weight is 460 g/mol. The fourth-order valence-corrected chi connectivity index (χ4v) is 5.28. The second-order valence-corrected chi connectivity index (χ2v) is 10.4. The van der Waals surface area contributed by atoms with E-state index >= 15 is 0 Å². The molecule has 2 aromatic rings. The summed E-state index contributed by atoms with van der Waals surface area (Å²) in [6.45, 7) is 2.19. The van der Waals surface area contributed by atoms with Gasteiger partial charge < -0.3 is 10.6 Å². The molecular formula is C23H26FN3O4S. The fourth-order valence-electron chi connectivity index (χ4n) is 3.76. The van der Waals surface area contributed by atoms with Gasteiger partial charge >= 0.3 is 0 Å². The monoisotopic (exact) mass is 459 g/mol. The minimum Gasteiger partial charge on any atom is -0.349 e. The SMILES string of the molecule is Cc1ccc(C(=O)NC2CC2)cc1NC(=O)C1CCCN(S(=O)(=O)c2ccc(F)cc2)C1. The number of hydrogen-bond acceptors (Lipinski definition) is 4. The molecule has 2 aliphatic rings. The van der Waals surface area contributed by atoms with E-state index < -0.39 is 21.8 Å². The Hall–Kier alpha value is -2.78. The molecule has 1 atom stereocenters. The lowest BCUT2D eigenvalue weighted by Crippen LogP contribution is -2.43. The van der Waals surface area contributed by atoms with Crippen molar-refractivity contribution in [2.24, 2.45) is 5.92 Å². The smallest absolute Gasteiger partial charge is 0.251 e. The van der Waals surface area contributed by atoms with Crippen LogP contribution in [0.15, 0.2) is 47.4 Å². The Morgan fingerprint density at radius 3 is 2.47 bits per heavy atom. The average Bonchev–Trinajstić information content (AvgIpc) is 3.59. The van der Waals surface area contributed by atoms with Gasteiger partial charge in [-0.25, -0.2) is 12.8 Å². The van der Waals surface area contributed by atoms with Gasteiger partial charge in [0.1, 0.15) is 5.82 Å². The van der Waals surface area contributed by atoms with Crippen LogP contribution in [0.3, 0.4) is 0 Å². The number of nitrogens with zero attached hydrogens (tertiary/aromatic N) is 1. The highest BCUT2D eigenvalue weighted by atomic mass is 32.2. The van der Waals surface area contributed by atoms with E-state index in [0.29, 0.717) is 30.6 Å². The number of hydrogen-bond donors (Lipinski definition) is 2. The highest BCUT2D eigenvalue weighted by Crippen LogP contribution is 2.26. The van der Waals surface area contributed by atoms with Crippen LogP contribution in [0.4, 0.5) is 10.1 Å². The number of piperidine rings is 1. The van der Waals surface area contributed by atoms with Crippen LogP contribution in [-0.4, -0.2) is 43.7 Å². The third kappa shape index (κ3) is 4.99. The van der Waals surface area contributed by atoms with E-state index in [1.54, 1.807) is 18.2 Å². The molecule has 2 N–H and O–H groups in total. The largest absolute Gasteiger partial charge is 0.349 e. The lowest BCUT2D eigenvalue weighted by molar-refractivity contribution is -0.120. The fraction of sp³-hybridized carbons (Fsp3) is 0.391. The zero-order chi connectivity index (χ0) is 22.9. The molecule has 1 aliphatic carbocycles. The Kier molecular flexibility index (Phi) is 6.30. The summed E-state index contributed by atoms with van der Waals surface area (Å²) in [5.74, 6) is -1.49. The second-order valence-electron chi connectivity index (χ2n) is 8.42. The van der Waals surface area contributed by atoms with Crippen LogP contribution in [0, 0.1) is 18.7 Å². The predicted octanol–water partition coefficient (Wildman–Crippen LogP) is 3.07. The molecule has 32 heavy (non-hydrogen) atoms. The summed E-state index contributed by atoms with van der Waals surface area (Å²) < 4.78 is 40.3. The normalized spacial score (nSPS) is 19.4. The quantitative estimate of drug-likeness (QED) is 0.694. The first-order chi connectivity index (χ1) is 15.2. The number of benzene rings is 2. The van der Waals surface area contributed by atoms with Gasteiger partial charge in [0.2, 0.25) is 15.9 Å². The first-order valence-electron chi connectivity index (χ1n) is 10.7. The molecule has 1 saturated carbocycles. The van der Waals surface area contributed by atoms with E-state index in [2.05, 4.69) is 10.6 Å². The number of halogens is 1. The molecule has 1 aliphatic heterocycles. The maximum Gasteiger partial charge on any atom is 0.251 e. The zero-order valence-electron chi connectivity index (χ0n) is 17.8. The summed E-state index contributed by atoms with van der Waals surface area (Å²) in [5, 5.41) is 5.80. The molecule has 7 nitrogen and oxygen atoms in total. The van der Waals surface area contributed by atoms with Gasteiger partial charge in [-0.1, -0.05) is 6.07 Å². The summed E-state index contributed by atoms with van der Waals surface area (Å²) in [5.41, 5.74) is 1.83. The van der Waals surface area contributed by atoms with Crippen LogP contribution in [0.1, 0.15) is 41.6 Å². The van der Waals surface area contributed by atoms with Crippen molar-refractivity contribution in [3.63, 3.8) is 0 Å². The van der Waals surface area contributed by atoms with Gasteiger partial charge in [-0.15, -0.1) is 0 Å². The number of carbonyl (C=O) groups is 2. The molecule has 2 aromatic carbocycles. The topological polar surface area (TPSA) is 95.6 Å². The van der Waals surface area contributed by atoms with E-state index in [-0.39, 0.29) is 29.3 Å². The van der Waals surface area contributed by atoms with E-state index in [9.17, 15) is 22.4 Å². The van der Waals surface area contributed by atoms with Gasteiger partial charge in [-0.2, -0.15) is 4.31 Å². The van der Waals surface area contributed by atoms with Gasteiger partial charge in [0.05, 0.1) is 10.8 Å². The Balaban J connectivity index is 1.45. The molecule has 2 amide bonds. The number of sulfonamides is 1. The van der Waals surface area contributed by atoms with Crippen molar-refractivity contribution in [3.8, 4) is 0 Å². The van der Waals surface area contributed by atoms with Crippen molar-refractivity contribution in [1.82, 2.24) is 9.62 Å². The Labute approximate surface area is 187 Å². The van der Waals surface area contributed by atoms with E-state index in [4.69, 9.17) is 0 Å². The first-order valence-corrected chi connectivity index (χ1v) is 12.2. The lowest BCUT2D eigenvalue weighted by Gasteiger charge is -2.31. The Morgan fingerprint density at radius 2 is 1.78 bits per heavy atom. The van der Waals surface area contributed by atoms with Gasteiger partial charge in [-0.05, 0) is 74.6 Å². The van der Waals surface area contributed by atoms with Crippen molar-refractivity contribution in [3.05, 3.63) is 59.4 Å². The third-order valence-corrected chi connectivity index (χ3v) is 7.76. The van der Waals surface area contributed by atoms with E-state index in [1.165, 1.54) is 16.4 Å². The van der Waals surface area contributed by atoms with Crippen LogP contribution in [0.25, 0.3) is 0 Å². The maximum atomic E-state index is 13.2. The van der Waals surface area contributed by atoms with Crippen LogP contribution in [0.2, 0.25) is 0 Å². The van der Waals surface area contributed by atoms with E-state index in [0.717, 1.165) is 30.5 Å². The number of nitrogens with one attached hydrogen (secondary N) is 2. The molecule has 0 spiro atoms. The van der Waals surface area contributed by atoms with Crippen molar-refractivity contribution in [2.45, 2.75) is 43.5 Å². The van der Waals surface area contributed by atoms with Crippen LogP contribution in [-0.2, 0) is 14.8 Å². The van der Waals surface area contributed by atoms with Crippen LogP contribution in [0.5, 0.6) is 0 Å². The van der Waals surface area contributed by atoms with Crippen molar-refractivity contribution < 1.29 is 22.4 Å². The summed E-state index contributed by atoms with van der Waals surface area (Å²) >= 11 is 0. The number of anilines is 1. The van der Waals surface area contributed by atoms with Crippen molar-refractivity contribution in [1.29, 1.82) is 0 Å². The number of amides is 2. The molecule has 0 aromatic heterocycles. The molecule has 0 radical (unpaired) electrons. The minimum absolute atomic E-state index is 0.00480. The molecule has 4 rings (SSSR count). The van der Waals surface area contributed by atoms with Crippen molar-refractivity contribution >= 4 is 27.5 Å². The van der Waals surface area contributed by atoms with E-state index in [1.807, 2.05) is 6.92 Å². The summed E-state index contributed by atoms with van der Waals surface area (Å²) in [7, 11) is -3.82. The second kappa shape index (κ2) is 8.99. The molecule has 0 bridgehead atoms. The maximum absolute atomic E-state index is 13.2. The molecule has 1 heterocycles. The summed E-state index contributed by atoms with van der Waals surface area (Å²) in [4.78, 5) is 25.3. The van der Waals surface area contributed by atoms with Crippen LogP contribution < -0.4 is 10.6 Å². The summed E-state index contributed by atoms with van der Waals surface area (Å²) in [6.07, 6.45) is 3.07. The minimum atomic E-state index is -3.82. The highest BCUT2D eigenvalue weighted by Gasteiger charge is 2.33. The van der Waals surface area contributed by atoms with Gasteiger partial charge in [0.25, 0.3) is 5.91 Å². The molecule has 1 unspecified atom stereocenters. The zero-order valence-corrected chi connectivity index (χ0v) is 18.6. The summed E-state index contributed by atoms with van der Waals surface area (Å²) in [6, 6.07) is 10.1. The van der Waals surface area contributed by atoms with Gasteiger partial charge in [-0.3, -0.25) is 9.59 Å². The van der Waals surface area contributed by atoms with Crippen LogP contribution >= 0.6 is 0 Å². The number of carbonyl (C=O) groups excluding carboxylic acids is 2. The molecule has 170 valence electrons. The number of rotatable bonds is 6. The molecule has 2 fully saturated rings. The molecule has 1 saturated heterocycles. The van der Waals surface area contributed by atoms with Crippen molar-refractivity contribution in [2.75, 3.05) is 18.4 Å². The molecule has 9 heteroatoms. The Bertz CT molecular complexity index is 1130.